The highest BCUT2D eigenvalue weighted by molar-refractivity contribution is 4.97. The first-order chi connectivity index (χ1) is 4.29. The number of hydrogen-bond donors (Lipinski definition) is 0. The smallest absolute Gasteiger partial charge is 0.109 e. The standard InChI is InChI=1S/C7H10F2/c8-6-3-4-1-2-5(6)7(4)9/h4-7H,1-3H2/t4-,5+,6-,7+/m0/s1. The SMILES string of the molecule is F[C@@H]1[C@H]2CC[C@@H]1[C@@H](F)C2. The molecule has 2 rings (SSSR count). The van der Waals surface area contributed by atoms with Gasteiger partial charge >= 0.3 is 0 Å². The molecule has 0 N–H and O–H groups in total. The van der Waals surface area contributed by atoms with E-state index in [4.69, 9.17) is 0 Å². The zero-order valence-electron chi connectivity index (χ0n) is 5.19. The summed E-state index contributed by atoms with van der Waals surface area (Å²) in [6.07, 6.45) is 0.573. The van der Waals surface area contributed by atoms with Gasteiger partial charge in [0.1, 0.15) is 12.3 Å². The summed E-state index contributed by atoms with van der Waals surface area (Å²) >= 11 is 0. The van der Waals surface area contributed by atoms with Gasteiger partial charge in [-0.1, -0.05) is 0 Å². The number of halogens is 2. The summed E-state index contributed by atoms with van der Waals surface area (Å²) in [6, 6.07) is 0. The van der Waals surface area contributed by atoms with E-state index >= 15 is 0 Å². The van der Waals surface area contributed by atoms with Crippen molar-refractivity contribution in [2.75, 3.05) is 0 Å². The van der Waals surface area contributed by atoms with Crippen LogP contribution in [0.1, 0.15) is 19.3 Å². The topological polar surface area (TPSA) is 0 Å². The summed E-state index contributed by atoms with van der Waals surface area (Å²) in [5, 5.41) is 0. The Morgan fingerprint density at radius 3 is 2.11 bits per heavy atom. The van der Waals surface area contributed by atoms with Crippen LogP contribution in [0.2, 0.25) is 0 Å². The highest BCUT2D eigenvalue weighted by Gasteiger charge is 2.48. The quantitative estimate of drug-likeness (QED) is 0.473. The van der Waals surface area contributed by atoms with Gasteiger partial charge in [0.05, 0.1) is 0 Å². The van der Waals surface area contributed by atoms with Crippen LogP contribution in [0.4, 0.5) is 8.78 Å². The highest BCUT2D eigenvalue weighted by Crippen LogP contribution is 2.47. The molecular formula is C7H10F2. The lowest BCUT2D eigenvalue weighted by Gasteiger charge is -2.11. The Bertz CT molecular complexity index is 124. The van der Waals surface area contributed by atoms with Crippen LogP contribution < -0.4 is 0 Å². The molecule has 2 aliphatic rings. The Kier molecular flexibility index (Phi) is 1.05. The monoisotopic (exact) mass is 132 g/mol. The summed E-state index contributed by atoms with van der Waals surface area (Å²) in [5.41, 5.74) is 0. The Morgan fingerprint density at radius 1 is 1.11 bits per heavy atom. The van der Waals surface area contributed by atoms with Crippen molar-refractivity contribution in [3.8, 4) is 0 Å². The Balaban J connectivity index is 2.16. The molecule has 2 fully saturated rings. The molecule has 0 aromatic heterocycles. The Hall–Kier alpha value is -0.140. The zero-order valence-corrected chi connectivity index (χ0v) is 5.19. The predicted molar refractivity (Wildman–Crippen MR) is 30.6 cm³/mol. The molecule has 0 amide bonds. The van der Waals surface area contributed by atoms with Crippen molar-refractivity contribution < 1.29 is 8.78 Å². The average molecular weight is 132 g/mol. The maximum absolute atomic E-state index is 12.8. The van der Waals surface area contributed by atoms with Crippen LogP contribution in [0.15, 0.2) is 0 Å². The van der Waals surface area contributed by atoms with Crippen molar-refractivity contribution in [1.29, 1.82) is 0 Å². The summed E-state index contributed by atoms with van der Waals surface area (Å²) in [5.74, 6) is -0.153. The fourth-order valence-electron chi connectivity index (χ4n) is 2.17. The molecule has 0 aliphatic heterocycles. The lowest BCUT2D eigenvalue weighted by Crippen LogP contribution is -2.12. The van der Waals surface area contributed by atoms with E-state index in [1.54, 1.807) is 0 Å². The normalized spacial score (nSPS) is 56.7. The van der Waals surface area contributed by atoms with E-state index in [0.29, 0.717) is 6.42 Å². The van der Waals surface area contributed by atoms with Crippen molar-refractivity contribution in [2.45, 2.75) is 31.6 Å². The summed E-state index contributed by atoms with van der Waals surface area (Å²) in [4.78, 5) is 0. The van der Waals surface area contributed by atoms with E-state index in [1.165, 1.54) is 0 Å². The third kappa shape index (κ3) is 0.620. The average Bonchev–Trinajstić information content (AvgIpc) is 2.25. The minimum absolute atomic E-state index is 0.0741. The number of alkyl halides is 2. The first-order valence-corrected chi connectivity index (χ1v) is 3.57. The second-order valence-corrected chi connectivity index (χ2v) is 3.20. The zero-order chi connectivity index (χ0) is 6.43. The number of rotatable bonds is 0. The lowest BCUT2D eigenvalue weighted by molar-refractivity contribution is 0.199. The van der Waals surface area contributed by atoms with Crippen LogP contribution in [0, 0.1) is 11.8 Å². The molecule has 0 saturated heterocycles. The molecule has 0 radical (unpaired) electrons. The fourth-order valence-corrected chi connectivity index (χ4v) is 2.17. The molecule has 9 heavy (non-hydrogen) atoms. The van der Waals surface area contributed by atoms with E-state index in [1.807, 2.05) is 0 Å². The van der Waals surface area contributed by atoms with Crippen LogP contribution in [0.5, 0.6) is 0 Å². The van der Waals surface area contributed by atoms with Gasteiger partial charge in [0, 0.05) is 5.92 Å². The molecule has 0 unspecified atom stereocenters. The molecule has 2 heteroatoms. The predicted octanol–water partition coefficient (Wildman–Crippen LogP) is 2.09. The van der Waals surface area contributed by atoms with Crippen LogP contribution >= 0.6 is 0 Å². The van der Waals surface area contributed by atoms with Gasteiger partial charge in [-0.15, -0.1) is 0 Å². The first-order valence-electron chi connectivity index (χ1n) is 3.57. The second-order valence-electron chi connectivity index (χ2n) is 3.20. The van der Waals surface area contributed by atoms with E-state index in [0.717, 1.165) is 12.8 Å². The van der Waals surface area contributed by atoms with Crippen LogP contribution in [-0.4, -0.2) is 12.3 Å². The van der Waals surface area contributed by atoms with Crippen molar-refractivity contribution >= 4 is 0 Å². The van der Waals surface area contributed by atoms with Gasteiger partial charge < -0.3 is 0 Å². The number of fused-ring (bicyclic) bond motifs is 2. The third-order valence-electron chi connectivity index (χ3n) is 2.72. The van der Waals surface area contributed by atoms with Crippen LogP contribution in [0.25, 0.3) is 0 Å². The molecular weight excluding hydrogens is 122 g/mol. The maximum Gasteiger partial charge on any atom is 0.109 e. The largest absolute Gasteiger partial charge is 0.247 e. The molecule has 0 nitrogen and oxygen atoms in total. The third-order valence-corrected chi connectivity index (χ3v) is 2.72. The summed E-state index contributed by atoms with van der Waals surface area (Å²) in [6.45, 7) is 0. The molecule has 0 aromatic carbocycles. The van der Waals surface area contributed by atoms with Crippen molar-refractivity contribution in [1.82, 2.24) is 0 Å². The molecule has 2 aliphatic carbocycles. The van der Waals surface area contributed by atoms with Gasteiger partial charge in [-0.3, -0.25) is 0 Å². The van der Waals surface area contributed by atoms with Gasteiger partial charge in [0.2, 0.25) is 0 Å². The van der Waals surface area contributed by atoms with Crippen molar-refractivity contribution in [3.05, 3.63) is 0 Å². The van der Waals surface area contributed by atoms with Gasteiger partial charge in [-0.05, 0) is 25.2 Å². The lowest BCUT2D eigenvalue weighted by atomic mass is 9.99. The fraction of sp³-hybridized carbons (Fsp3) is 1.00. The number of hydrogen-bond acceptors (Lipinski definition) is 0. The highest BCUT2D eigenvalue weighted by atomic mass is 19.1. The van der Waals surface area contributed by atoms with E-state index in [2.05, 4.69) is 0 Å². The maximum atomic E-state index is 12.8. The van der Waals surface area contributed by atoms with E-state index in [-0.39, 0.29) is 11.8 Å². The van der Waals surface area contributed by atoms with Gasteiger partial charge in [-0.2, -0.15) is 0 Å². The molecule has 52 valence electrons. The molecule has 0 heterocycles. The molecule has 2 saturated carbocycles. The van der Waals surface area contributed by atoms with Crippen molar-refractivity contribution in [2.24, 2.45) is 11.8 Å². The first kappa shape index (κ1) is 5.63. The minimum atomic E-state index is -0.821. The van der Waals surface area contributed by atoms with Gasteiger partial charge in [0.15, 0.2) is 0 Å². The summed E-state index contributed by atoms with van der Waals surface area (Å²) < 4.78 is 25.4. The molecule has 0 aromatic rings. The Morgan fingerprint density at radius 2 is 1.89 bits per heavy atom. The molecule has 0 spiro atoms. The van der Waals surface area contributed by atoms with E-state index in [9.17, 15) is 8.78 Å². The minimum Gasteiger partial charge on any atom is -0.247 e. The second kappa shape index (κ2) is 1.68. The van der Waals surface area contributed by atoms with Crippen LogP contribution in [0.3, 0.4) is 0 Å². The summed E-state index contributed by atoms with van der Waals surface area (Å²) in [7, 11) is 0. The van der Waals surface area contributed by atoms with Gasteiger partial charge in [-0.25, -0.2) is 8.78 Å². The van der Waals surface area contributed by atoms with Crippen molar-refractivity contribution in [3.63, 3.8) is 0 Å². The van der Waals surface area contributed by atoms with Gasteiger partial charge in [0.25, 0.3) is 0 Å². The molecule has 2 bridgehead atoms. The Labute approximate surface area is 53.2 Å². The van der Waals surface area contributed by atoms with Crippen LogP contribution in [-0.2, 0) is 0 Å². The molecule has 4 atom stereocenters. The van der Waals surface area contributed by atoms with E-state index < -0.39 is 12.3 Å².